The van der Waals surface area contributed by atoms with E-state index in [2.05, 4.69) is 0 Å². The summed E-state index contributed by atoms with van der Waals surface area (Å²) in [6.07, 6.45) is 0.120. The van der Waals surface area contributed by atoms with E-state index in [9.17, 15) is 18.0 Å². The average Bonchev–Trinajstić information content (AvgIpc) is 3.06. The van der Waals surface area contributed by atoms with Crippen molar-refractivity contribution in [2.45, 2.75) is 58.9 Å². The Morgan fingerprint density at radius 1 is 0.794 bits per heavy atom. The lowest BCUT2D eigenvalue weighted by molar-refractivity contribution is -0.123. The maximum absolute atomic E-state index is 13.6. The third kappa shape index (κ3) is 3.97. The minimum absolute atomic E-state index is 0.120. The Morgan fingerprint density at radius 3 is 1.85 bits per heavy atom. The quantitative estimate of drug-likeness (QED) is 0.625. The van der Waals surface area contributed by atoms with Crippen molar-refractivity contribution in [1.29, 1.82) is 0 Å². The molecule has 0 radical (unpaired) electrons. The van der Waals surface area contributed by atoms with Crippen LogP contribution in [0.25, 0.3) is 0 Å². The molecule has 2 saturated heterocycles. The van der Waals surface area contributed by atoms with E-state index in [4.69, 9.17) is 0 Å². The summed E-state index contributed by atoms with van der Waals surface area (Å²) in [5.41, 5.74) is 5.93. The number of carbonyl (C=O) groups excluding carboxylic acids is 2. The minimum Gasteiger partial charge on any atom is -0.289 e. The molecule has 8 heteroatoms. The van der Waals surface area contributed by atoms with Crippen LogP contribution < -0.4 is 4.90 Å². The van der Waals surface area contributed by atoms with Crippen LogP contribution in [-0.4, -0.2) is 61.7 Å². The Kier molecular flexibility index (Phi) is 6.44. The monoisotopic (exact) mass is 483 g/mol. The van der Waals surface area contributed by atoms with E-state index < -0.39 is 16.1 Å². The van der Waals surface area contributed by atoms with Crippen LogP contribution in [0.5, 0.6) is 0 Å². The molecule has 2 fully saturated rings. The van der Waals surface area contributed by atoms with Gasteiger partial charge in [0, 0.05) is 26.2 Å². The zero-order valence-corrected chi connectivity index (χ0v) is 21.6. The van der Waals surface area contributed by atoms with Gasteiger partial charge >= 0.3 is 0 Å². The fourth-order valence-electron chi connectivity index (χ4n) is 5.25. The number of amides is 2. The lowest BCUT2D eigenvalue weighted by Gasteiger charge is -2.37. The average molecular weight is 484 g/mol. The first-order valence-corrected chi connectivity index (χ1v) is 13.1. The summed E-state index contributed by atoms with van der Waals surface area (Å²) in [6, 6.07) is 7.18. The molecule has 0 spiro atoms. The third-order valence-corrected chi connectivity index (χ3v) is 9.57. The van der Waals surface area contributed by atoms with Gasteiger partial charge in [-0.1, -0.05) is 24.3 Å². The second-order valence-electron chi connectivity index (χ2n) is 9.56. The molecule has 2 heterocycles. The number of benzene rings is 2. The number of piperazine rings is 1. The topological polar surface area (TPSA) is 78.0 Å². The molecule has 2 aliphatic rings. The summed E-state index contributed by atoms with van der Waals surface area (Å²) in [7, 11) is -3.66. The molecule has 2 amide bonds. The molecule has 0 bridgehead atoms. The predicted octanol–water partition coefficient (Wildman–Crippen LogP) is 3.18. The molecule has 2 aliphatic heterocycles. The minimum atomic E-state index is -3.66. The van der Waals surface area contributed by atoms with Gasteiger partial charge in [0.25, 0.3) is 5.91 Å². The van der Waals surface area contributed by atoms with E-state index >= 15 is 0 Å². The van der Waals surface area contributed by atoms with Crippen molar-refractivity contribution < 1.29 is 18.0 Å². The first-order valence-electron chi connectivity index (χ1n) is 11.7. The predicted molar refractivity (Wildman–Crippen MR) is 133 cm³/mol. The molecule has 2 aromatic carbocycles. The highest BCUT2D eigenvalue weighted by molar-refractivity contribution is 7.89. The summed E-state index contributed by atoms with van der Waals surface area (Å²) < 4.78 is 28.7. The van der Waals surface area contributed by atoms with Crippen LogP contribution in [0, 0.1) is 41.5 Å². The lowest BCUT2D eigenvalue weighted by Crippen LogP contribution is -2.54. The summed E-state index contributed by atoms with van der Waals surface area (Å²) in [4.78, 5) is 29.9. The summed E-state index contributed by atoms with van der Waals surface area (Å²) >= 11 is 0. The molecule has 34 heavy (non-hydrogen) atoms. The van der Waals surface area contributed by atoms with Crippen LogP contribution in [0.2, 0.25) is 0 Å². The number of hydrogen-bond donors (Lipinski definition) is 0. The Balaban J connectivity index is 1.53. The molecule has 182 valence electrons. The molecule has 7 nitrogen and oxygen atoms in total. The number of anilines is 1. The number of hydrogen-bond acceptors (Lipinski definition) is 5. The maximum Gasteiger partial charge on any atom is 0.251 e. The molecular formula is C26H33N3O4S. The van der Waals surface area contributed by atoms with Gasteiger partial charge in [-0.15, -0.1) is 0 Å². The van der Waals surface area contributed by atoms with E-state index in [1.54, 1.807) is 0 Å². The van der Waals surface area contributed by atoms with Crippen LogP contribution in [0.15, 0.2) is 29.2 Å². The normalized spacial score (nSPS) is 20.4. The second kappa shape index (κ2) is 8.91. The molecule has 0 aromatic heterocycles. The fourth-order valence-corrected chi connectivity index (χ4v) is 7.24. The summed E-state index contributed by atoms with van der Waals surface area (Å²) in [5.74, 6) is -0.427. The van der Waals surface area contributed by atoms with Crippen LogP contribution in [0.4, 0.5) is 5.69 Å². The van der Waals surface area contributed by atoms with Gasteiger partial charge in [-0.2, -0.15) is 4.31 Å². The molecule has 0 N–H and O–H groups in total. The van der Waals surface area contributed by atoms with Gasteiger partial charge in [0.2, 0.25) is 15.9 Å². The standard InChI is InChI=1S/C26H33N3O4S/c1-16-8-7-9-17(2)24(16)29-23(30)15-22(26(29)31)27-10-12-28(13-11-27)34(32,33)25-20(5)18(3)14-19(4)21(25)6/h7-9,14,22H,10-13,15H2,1-6H3/t22-/m0/s1. The van der Waals surface area contributed by atoms with Crippen molar-refractivity contribution in [2.24, 2.45) is 0 Å². The number of para-hydroxylation sites is 1. The van der Waals surface area contributed by atoms with E-state index in [0.29, 0.717) is 23.7 Å². The first-order chi connectivity index (χ1) is 15.9. The Morgan fingerprint density at radius 2 is 1.32 bits per heavy atom. The molecule has 0 unspecified atom stereocenters. The van der Waals surface area contributed by atoms with Crippen molar-refractivity contribution in [3.05, 3.63) is 57.6 Å². The number of aryl methyl sites for hydroxylation is 4. The number of sulfonamides is 1. The second-order valence-corrected chi connectivity index (χ2v) is 11.4. The Hall–Kier alpha value is -2.55. The number of carbonyl (C=O) groups is 2. The van der Waals surface area contributed by atoms with Gasteiger partial charge in [-0.3, -0.25) is 14.5 Å². The van der Waals surface area contributed by atoms with Crippen molar-refractivity contribution >= 4 is 27.5 Å². The molecular weight excluding hydrogens is 450 g/mol. The van der Waals surface area contributed by atoms with Gasteiger partial charge in [0.15, 0.2) is 0 Å². The van der Waals surface area contributed by atoms with Gasteiger partial charge in [0.1, 0.15) is 0 Å². The van der Waals surface area contributed by atoms with E-state index in [0.717, 1.165) is 33.4 Å². The molecule has 2 aromatic rings. The molecule has 0 saturated carbocycles. The zero-order chi connectivity index (χ0) is 24.9. The zero-order valence-electron chi connectivity index (χ0n) is 20.8. The highest BCUT2D eigenvalue weighted by Crippen LogP contribution is 2.33. The van der Waals surface area contributed by atoms with E-state index in [1.807, 2.05) is 70.7 Å². The SMILES string of the molecule is Cc1cc(C)c(C)c(S(=O)(=O)N2CCN([C@H]3CC(=O)N(c4c(C)cccc4C)C3=O)CC2)c1C. The number of nitrogens with zero attached hydrogens (tertiary/aromatic N) is 3. The number of rotatable bonds is 4. The molecule has 1 atom stereocenters. The maximum atomic E-state index is 13.6. The summed E-state index contributed by atoms with van der Waals surface area (Å²) in [5, 5.41) is 0. The van der Waals surface area contributed by atoms with Gasteiger partial charge in [-0.25, -0.2) is 13.3 Å². The highest BCUT2D eigenvalue weighted by atomic mass is 32.2. The Labute approximate surface area is 202 Å². The lowest BCUT2D eigenvalue weighted by atomic mass is 10.0. The van der Waals surface area contributed by atoms with Crippen molar-refractivity contribution in [1.82, 2.24) is 9.21 Å². The summed E-state index contributed by atoms with van der Waals surface area (Å²) in [6.45, 7) is 12.8. The van der Waals surface area contributed by atoms with Gasteiger partial charge < -0.3 is 0 Å². The highest BCUT2D eigenvalue weighted by Gasteiger charge is 2.45. The smallest absolute Gasteiger partial charge is 0.251 e. The van der Waals surface area contributed by atoms with Crippen molar-refractivity contribution in [2.75, 3.05) is 31.1 Å². The van der Waals surface area contributed by atoms with Crippen LogP contribution >= 0.6 is 0 Å². The van der Waals surface area contributed by atoms with Crippen molar-refractivity contribution in [3.8, 4) is 0 Å². The van der Waals surface area contributed by atoms with Crippen LogP contribution in [0.1, 0.15) is 39.8 Å². The van der Waals surface area contributed by atoms with Crippen LogP contribution in [-0.2, 0) is 19.6 Å². The number of imide groups is 1. The Bertz CT molecular complexity index is 1230. The fraction of sp³-hybridized carbons (Fsp3) is 0.462. The van der Waals surface area contributed by atoms with E-state index in [-0.39, 0.29) is 31.3 Å². The van der Waals surface area contributed by atoms with Gasteiger partial charge in [0.05, 0.1) is 23.0 Å². The third-order valence-electron chi connectivity index (χ3n) is 7.40. The molecule has 0 aliphatic carbocycles. The molecule has 4 rings (SSSR count). The van der Waals surface area contributed by atoms with Crippen LogP contribution in [0.3, 0.4) is 0 Å². The van der Waals surface area contributed by atoms with Crippen molar-refractivity contribution in [3.63, 3.8) is 0 Å². The first kappa shape index (κ1) is 24.6. The van der Waals surface area contributed by atoms with E-state index in [1.165, 1.54) is 9.21 Å². The van der Waals surface area contributed by atoms with Gasteiger partial charge in [-0.05, 0) is 74.9 Å². The largest absolute Gasteiger partial charge is 0.289 e.